The van der Waals surface area contributed by atoms with Gasteiger partial charge in [0.25, 0.3) is 5.56 Å². The first kappa shape index (κ1) is 16.0. The fourth-order valence-electron chi connectivity index (χ4n) is 3.56. The van der Waals surface area contributed by atoms with Crippen molar-refractivity contribution in [1.82, 2.24) is 9.88 Å². The molecule has 3 heterocycles. The van der Waals surface area contributed by atoms with Crippen LogP contribution in [0.3, 0.4) is 0 Å². The van der Waals surface area contributed by atoms with Gasteiger partial charge in [0.2, 0.25) is 6.79 Å². The molecule has 0 spiro atoms. The zero-order chi connectivity index (χ0) is 17.4. The minimum absolute atomic E-state index is 0.152. The molecule has 1 fully saturated rings. The number of aromatic nitrogens is 1. The highest BCUT2D eigenvalue weighted by Gasteiger charge is 2.30. The van der Waals surface area contributed by atoms with Crippen molar-refractivity contribution in [3.8, 4) is 11.5 Å². The average molecular weight is 344 g/mol. The van der Waals surface area contributed by atoms with Crippen molar-refractivity contribution >= 4 is 16.9 Å². The van der Waals surface area contributed by atoms with E-state index in [9.17, 15) is 9.59 Å². The van der Waals surface area contributed by atoms with Crippen LogP contribution in [0.4, 0.5) is 0 Å². The minimum atomic E-state index is -0.286. The summed E-state index contributed by atoms with van der Waals surface area (Å²) in [7, 11) is 1.40. The van der Waals surface area contributed by atoms with Crippen LogP contribution in [0.1, 0.15) is 24.8 Å². The Morgan fingerprint density at radius 2 is 2.08 bits per heavy atom. The molecule has 7 nitrogen and oxygen atoms in total. The largest absolute Gasteiger partial charge is 0.468 e. The van der Waals surface area contributed by atoms with E-state index < -0.39 is 0 Å². The zero-order valence-corrected chi connectivity index (χ0v) is 14.0. The summed E-state index contributed by atoms with van der Waals surface area (Å²) in [6.45, 7) is 1.38. The fraction of sp³-hybridized carbons (Fsp3) is 0.444. The van der Waals surface area contributed by atoms with Gasteiger partial charge in [-0.2, -0.15) is 0 Å². The van der Waals surface area contributed by atoms with Crippen LogP contribution in [-0.4, -0.2) is 42.3 Å². The summed E-state index contributed by atoms with van der Waals surface area (Å²) < 4.78 is 15.7. The first-order chi connectivity index (χ1) is 12.2. The summed E-state index contributed by atoms with van der Waals surface area (Å²) in [6.07, 6.45) is 2.77. The van der Waals surface area contributed by atoms with Gasteiger partial charge in [0, 0.05) is 23.6 Å². The molecule has 1 aromatic carbocycles. The van der Waals surface area contributed by atoms with Crippen molar-refractivity contribution in [2.45, 2.75) is 31.8 Å². The number of nitrogens with zero attached hydrogens (tertiary/aromatic N) is 1. The van der Waals surface area contributed by atoms with Gasteiger partial charge in [-0.25, -0.2) is 0 Å². The van der Waals surface area contributed by atoms with Crippen LogP contribution < -0.4 is 15.0 Å². The van der Waals surface area contributed by atoms with E-state index in [-0.39, 0.29) is 24.4 Å². The monoisotopic (exact) mass is 344 g/mol. The lowest BCUT2D eigenvalue weighted by Crippen LogP contribution is -2.45. The highest BCUT2D eigenvalue weighted by Crippen LogP contribution is 2.35. The highest BCUT2D eigenvalue weighted by atomic mass is 16.7. The van der Waals surface area contributed by atoms with E-state index in [4.69, 9.17) is 14.2 Å². The van der Waals surface area contributed by atoms with Gasteiger partial charge >= 0.3 is 5.97 Å². The third-order valence-corrected chi connectivity index (χ3v) is 4.87. The number of fused-ring (bicyclic) bond motifs is 2. The van der Waals surface area contributed by atoms with Crippen LogP contribution in [0, 0.1) is 0 Å². The molecule has 0 unspecified atom stereocenters. The molecule has 1 atom stereocenters. The maximum Gasteiger partial charge on any atom is 0.323 e. The maximum absolute atomic E-state index is 12.5. The minimum Gasteiger partial charge on any atom is -0.468 e. The lowest BCUT2D eigenvalue weighted by Gasteiger charge is -2.33. The van der Waals surface area contributed by atoms with Crippen LogP contribution in [-0.2, 0) is 16.1 Å². The predicted molar refractivity (Wildman–Crippen MR) is 90.8 cm³/mol. The number of rotatable bonds is 3. The van der Waals surface area contributed by atoms with Gasteiger partial charge in [-0.15, -0.1) is 0 Å². The number of piperidine rings is 1. The number of methoxy groups -OCH3 is 1. The number of carbonyl (C=O) groups is 1. The van der Waals surface area contributed by atoms with Gasteiger partial charge < -0.3 is 19.2 Å². The SMILES string of the molecule is COC(=O)[C@H]1CCCCN1Cc1cc2cc3c(cc2[nH]c1=O)OCO3. The standard InChI is InChI=1S/C18H20N2O5/c1-23-18(22)14-4-2-3-5-20(14)9-12-6-11-7-15-16(25-10-24-15)8-13(11)19-17(12)21/h6-8,14H,2-5,9-10H2,1H3,(H,19,21)/t14-/m1/s1. The average Bonchev–Trinajstić information content (AvgIpc) is 3.07. The summed E-state index contributed by atoms with van der Waals surface area (Å²) in [4.78, 5) is 29.4. The van der Waals surface area contributed by atoms with Gasteiger partial charge in [-0.3, -0.25) is 14.5 Å². The second kappa shape index (κ2) is 6.40. The number of benzene rings is 1. The zero-order valence-electron chi connectivity index (χ0n) is 14.0. The molecule has 132 valence electrons. The van der Waals surface area contributed by atoms with Crippen LogP contribution >= 0.6 is 0 Å². The molecule has 2 aliphatic heterocycles. The number of aromatic amines is 1. The van der Waals surface area contributed by atoms with Gasteiger partial charge in [-0.05, 0) is 31.5 Å². The molecule has 7 heteroatoms. The molecule has 0 aliphatic carbocycles. The van der Waals surface area contributed by atoms with Crippen molar-refractivity contribution in [3.63, 3.8) is 0 Å². The number of hydrogen-bond acceptors (Lipinski definition) is 6. The summed E-state index contributed by atoms with van der Waals surface area (Å²) in [5.74, 6) is 1.08. The molecular weight excluding hydrogens is 324 g/mol. The molecule has 0 amide bonds. The molecule has 2 aromatic rings. The first-order valence-corrected chi connectivity index (χ1v) is 8.43. The van der Waals surface area contributed by atoms with E-state index in [1.54, 1.807) is 6.07 Å². The number of esters is 1. The van der Waals surface area contributed by atoms with Crippen molar-refractivity contribution in [2.24, 2.45) is 0 Å². The highest BCUT2D eigenvalue weighted by molar-refractivity contribution is 5.83. The molecular formula is C18H20N2O5. The smallest absolute Gasteiger partial charge is 0.323 e. The van der Waals surface area contributed by atoms with E-state index in [0.29, 0.717) is 29.1 Å². The Morgan fingerprint density at radius 1 is 1.28 bits per heavy atom. The Hall–Kier alpha value is -2.54. The van der Waals surface area contributed by atoms with Crippen LogP contribution in [0.15, 0.2) is 23.0 Å². The lowest BCUT2D eigenvalue weighted by molar-refractivity contribution is -0.148. The number of nitrogens with one attached hydrogen (secondary N) is 1. The number of likely N-dealkylation sites (tertiary alicyclic amines) is 1. The summed E-state index contributed by atoms with van der Waals surface area (Å²) in [5.41, 5.74) is 1.18. The number of pyridine rings is 1. The number of ether oxygens (including phenoxy) is 3. The van der Waals surface area contributed by atoms with Crippen LogP contribution in [0.25, 0.3) is 10.9 Å². The molecule has 25 heavy (non-hydrogen) atoms. The van der Waals surface area contributed by atoms with E-state index in [0.717, 1.165) is 31.2 Å². The number of carbonyl (C=O) groups excluding carboxylic acids is 1. The van der Waals surface area contributed by atoms with Crippen LogP contribution in [0.2, 0.25) is 0 Å². The molecule has 0 saturated carbocycles. The Labute approximate surface area is 144 Å². The van der Waals surface area contributed by atoms with Crippen molar-refractivity contribution in [1.29, 1.82) is 0 Å². The number of H-pyrrole nitrogens is 1. The van der Waals surface area contributed by atoms with Gasteiger partial charge in [-0.1, -0.05) is 6.42 Å². The Kier molecular flexibility index (Phi) is 4.09. The molecule has 0 bridgehead atoms. The fourth-order valence-corrected chi connectivity index (χ4v) is 3.56. The molecule has 2 aliphatic rings. The van der Waals surface area contributed by atoms with Crippen molar-refractivity contribution in [3.05, 3.63) is 34.1 Å². The van der Waals surface area contributed by atoms with Gasteiger partial charge in [0.1, 0.15) is 6.04 Å². The van der Waals surface area contributed by atoms with Crippen molar-refractivity contribution < 1.29 is 19.0 Å². The lowest BCUT2D eigenvalue weighted by atomic mass is 10.0. The molecule has 1 saturated heterocycles. The van der Waals surface area contributed by atoms with Crippen molar-refractivity contribution in [2.75, 3.05) is 20.4 Å². The van der Waals surface area contributed by atoms with E-state index >= 15 is 0 Å². The normalized spacial score (nSPS) is 20.0. The second-order valence-corrected chi connectivity index (χ2v) is 6.42. The first-order valence-electron chi connectivity index (χ1n) is 8.43. The Bertz CT molecular complexity index is 876. The molecule has 1 N–H and O–H groups in total. The predicted octanol–water partition coefficient (Wildman–Crippen LogP) is 1.78. The summed E-state index contributed by atoms with van der Waals surface area (Å²) in [5, 5.41) is 0.880. The Morgan fingerprint density at radius 3 is 2.88 bits per heavy atom. The summed E-state index contributed by atoms with van der Waals surface area (Å²) >= 11 is 0. The molecule has 1 aromatic heterocycles. The Balaban J connectivity index is 1.66. The number of hydrogen-bond donors (Lipinski definition) is 1. The van der Waals surface area contributed by atoms with Crippen LogP contribution in [0.5, 0.6) is 11.5 Å². The topological polar surface area (TPSA) is 80.9 Å². The summed E-state index contributed by atoms with van der Waals surface area (Å²) in [6, 6.07) is 5.22. The van der Waals surface area contributed by atoms with Gasteiger partial charge in [0.05, 0.1) is 12.6 Å². The van der Waals surface area contributed by atoms with Gasteiger partial charge in [0.15, 0.2) is 11.5 Å². The maximum atomic E-state index is 12.5. The third-order valence-electron chi connectivity index (χ3n) is 4.87. The van der Waals surface area contributed by atoms with E-state index in [1.165, 1.54) is 7.11 Å². The van der Waals surface area contributed by atoms with E-state index in [1.807, 2.05) is 17.0 Å². The quantitative estimate of drug-likeness (QED) is 0.855. The van der Waals surface area contributed by atoms with E-state index in [2.05, 4.69) is 4.98 Å². The molecule has 4 rings (SSSR count). The third kappa shape index (κ3) is 2.95. The molecule has 0 radical (unpaired) electrons. The second-order valence-electron chi connectivity index (χ2n) is 6.42.